The van der Waals surface area contributed by atoms with Gasteiger partial charge in [-0.3, -0.25) is 4.98 Å². The summed E-state index contributed by atoms with van der Waals surface area (Å²) >= 11 is 0. The molecule has 1 heterocycles. The van der Waals surface area contributed by atoms with E-state index in [0.717, 1.165) is 22.1 Å². The lowest BCUT2D eigenvalue weighted by Crippen LogP contribution is -1.96. The number of aromatic nitrogens is 1. The van der Waals surface area contributed by atoms with E-state index in [1.165, 1.54) is 0 Å². The van der Waals surface area contributed by atoms with Gasteiger partial charge in [0.1, 0.15) is 5.76 Å². The molecule has 0 atom stereocenters. The maximum Gasteiger partial charge on any atom is 0.161 e. The molecular weight excluding hydrogens is 290 g/mol. The van der Waals surface area contributed by atoms with E-state index < -0.39 is 0 Å². The third-order valence-corrected chi connectivity index (χ3v) is 3.27. The third kappa shape index (κ3) is 3.92. The number of ether oxygens (including phenoxy) is 3. The summed E-state index contributed by atoms with van der Waals surface area (Å²) in [7, 11) is 3.22. The lowest BCUT2D eigenvalue weighted by atomic mass is 10.1. The normalized spacial score (nSPS) is 11.7. The van der Waals surface area contributed by atoms with Gasteiger partial charge in [-0.1, -0.05) is 18.2 Å². The Labute approximate surface area is 136 Å². The fourth-order valence-electron chi connectivity index (χ4n) is 2.09. The second-order valence-electron chi connectivity index (χ2n) is 5.04. The Hall–Kier alpha value is -2.75. The zero-order valence-corrected chi connectivity index (χ0v) is 13.9. The molecule has 4 heteroatoms. The molecule has 0 bridgehead atoms. The number of benzene rings is 1. The molecule has 1 aromatic carbocycles. The van der Waals surface area contributed by atoms with Crippen LogP contribution in [0.15, 0.2) is 60.7 Å². The van der Waals surface area contributed by atoms with Crippen molar-refractivity contribution in [2.24, 2.45) is 0 Å². The van der Waals surface area contributed by atoms with Crippen molar-refractivity contribution in [3.05, 3.63) is 60.7 Å². The molecule has 0 aliphatic heterocycles. The molecule has 2 aromatic rings. The summed E-state index contributed by atoms with van der Waals surface area (Å²) in [5, 5.41) is 1.82. The first-order valence-electron chi connectivity index (χ1n) is 7.26. The minimum atomic E-state index is 0.649. The van der Waals surface area contributed by atoms with Crippen LogP contribution in [0, 0.1) is 0 Å². The monoisotopic (exact) mass is 311 g/mol. The first-order chi connectivity index (χ1) is 11.1. The number of hydrogen-bond acceptors (Lipinski definition) is 4. The minimum absolute atomic E-state index is 0.649. The number of methoxy groups -OCH3 is 2. The first kappa shape index (κ1) is 16.6. The quantitative estimate of drug-likeness (QED) is 0.574. The molecule has 23 heavy (non-hydrogen) atoms. The van der Waals surface area contributed by atoms with Crippen molar-refractivity contribution in [3.63, 3.8) is 0 Å². The van der Waals surface area contributed by atoms with Gasteiger partial charge in [0.2, 0.25) is 0 Å². The third-order valence-electron chi connectivity index (χ3n) is 3.27. The summed E-state index contributed by atoms with van der Waals surface area (Å²) in [6.07, 6.45) is 9.12. The topological polar surface area (TPSA) is 40.6 Å². The Morgan fingerprint density at radius 2 is 1.74 bits per heavy atom. The highest BCUT2D eigenvalue weighted by Crippen LogP contribution is 2.36. The number of pyridine rings is 1. The van der Waals surface area contributed by atoms with Crippen LogP contribution in [-0.2, 0) is 0 Å². The summed E-state index contributed by atoms with van der Waals surface area (Å²) in [5.41, 5.74) is 0.954. The minimum Gasteiger partial charge on any atom is -0.493 e. The Balaban J connectivity index is 2.46. The summed E-state index contributed by atoms with van der Waals surface area (Å²) < 4.78 is 16.7. The number of nitrogens with zero attached hydrogens (tertiary/aromatic N) is 1. The van der Waals surface area contributed by atoms with Crippen LogP contribution in [0.25, 0.3) is 10.8 Å². The molecule has 0 amide bonds. The number of hydrogen-bond donors (Lipinski definition) is 0. The van der Waals surface area contributed by atoms with Crippen LogP contribution in [0.3, 0.4) is 0 Å². The van der Waals surface area contributed by atoms with Crippen LogP contribution in [0.5, 0.6) is 17.2 Å². The van der Waals surface area contributed by atoms with Crippen LogP contribution in [0.1, 0.15) is 13.8 Å². The van der Waals surface area contributed by atoms with Crippen molar-refractivity contribution in [1.82, 2.24) is 4.98 Å². The predicted molar refractivity (Wildman–Crippen MR) is 93.2 cm³/mol. The molecule has 0 radical (unpaired) electrons. The lowest BCUT2D eigenvalue weighted by molar-refractivity contribution is 0.355. The molecule has 1 aromatic heterocycles. The maximum atomic E-state index is 5.97. The molecule has 0 spiro atoms. The molecule has 0 aliphatic carbocycles. The molecule has 120 valence electrons. The van der Waals surface area contributed by atoms with Gasteiger partial charge in [-0.15, -0.1) is 0 Å². The number of rotatable bonds is 6. The fraction of sp³-hybridized carbons (Fsp3) is 0.211. The van der Waals surface area contributed by atoms with Crippen molar-refractivity contribution < 1.29 is 14.2 Å². The maximum absolute atomic E-state index is 5.97. The van der Waals surface area contributed by atoms with E-state index in [1.807, 2.05) is 44.2 Å². The highest BCUT2D eigenvalue weighted by Gasteiger charge is 2.10. The largest absolute Gasteiger partial charge is 0.493 e. The zero-order chi connectivity index (χ0) is 16.8. The smallest absolute Gasteiger partial charge is 0.161 e. The molecule has 0 fully saturated rings. The molecule has 2 rings (SSSR count). The zero-order valence-electron chi connectivity index (χ0n) is 13.9. The molecule has 4 nitrogen and oxygen atoms in total. The van der Waals surface area contributed by atoms with E-state index in [1.54, 1.807) is 26.6 Å². The highest BCUT2D eigenvalue weighted by molar-refractivity contribution is 5.90. The molecule has 0 saturated heterocycles. The predicted octanol–water partition coefficient (Wildman–Crippen LogP) is 4.67. The average molecular weight is 311 g/mol. The molecular formula is C19H21NO3. The van der Waals surface area contributed by atoms with Gasteiger partial charge in [-0.05, 0) is 38.1 Å². The fourth-order valence-corrected chi connectivity index (χ4v) is 2.09. The van der Waals surface area contributed by atoms with Gasteiger partial charge in [0.15, 0.2) is 17.2 Å². The molecule has 0 saturated carbocycles. The number of fused-ring (bicyclic) bond motifs is 1. The van der Waals surface area contributed by atoms with Gasteiger partial charge < -0.3 is 14.2 Å². The van der Waals surface area contributed by atoms with E-state index in [0.29, 0.717) is 17.2 Å². The van der Waals surface area contributed by atoms with Crippen molar-refractivity contribution in [2.45, 2.75) is 13.8 Å². The van der Waals surface area contributed by atoms with Gasteiger partial charge in [0.05, 0.1) is 20.4 Å². The summed E-state index contributed by atoms with van der Waals surface area (Å²) in [6, 6.07) is 3.77. The van der Waals surface area contributed by atoms with Gasteiger partial charge >= 0.3 is 0 Å². The Kier molecular flexibility index (Phi) is 5.41. The van der Waals surface area contributed by atoms with E-state index >= 15 is 0 Å². The van der Waals surface area contributed by atoms with Gasteiger partial charge in [-0.25, -0.2) is 0 Å². The van der Waals surface area contributed by atoms with Crippen LogP contribution >= 0.6 is 0 Å². The van der Waals surface area contributed by atoms with E-state index in [-0.39, 0.29) is 0 Å². The molecule has 0 N–H and O–H groups in total. The van der Waals surface area contributed by atoms with Gasteiger partial charge in [0, 0.05) is 17.0 Å². The molecule has 0 aliphatic rings. The SMILES string of the molecule is C=C(C)/C=C\C(=C/C)Oc1cncc2cc(OC)c(OC)cc12. The van der Waals surface area contributed by atoms with E-state index in [9.17, 15) is 0 Å². The van der Waals surface area contributed by atoms with Crippen molar-refractivity contribution in [2.75, 3.05) is 14.2 Å². The Bertz CT molecular complexity index is 776. The summed E-state index contributed by atoms with van der Waals surface area (Å²) in [5.74, 6) is 2.68. The van der Waals surface area contributed by atoms with Crippen molar-refractivity contribution in [1.29, 1.82) is 0 Å². The van der Waals surface area contributed by atoms with Crippen LogP contribution in [0.4, 0.5) is 0 Å². The van der Waals surface area contributed by atoms with Gasteiger partial charge in [-0.2, -0.15) is 0 Å². The van der Waals surface area contributed by atoms with Crippen molar-refractivity contribution >= 4 is 10.8 Å². The van der Waals surface area contributed by atoms with E-state index in [4.69, 9.17) is 14.2 Å². The second kappa shape index (κ2) is 7.49. The average Bonchev–Trinajstić information content (AvgIpc) is 2.57. The van der Waals surface area contributed by atoms with Crippen LogP contribution < -0.4 is 14.2 Å². The second-order valence-corrected chi connectivity index (χ2v) is 5.04. The van der Waals surface area contributed by atoms with Crippen molar-refractivity contribution in [3.8, 4) is 17.2 Å². The molecule has 0 unspecified atom stereocenters. The van der Waals surface area contributed by atoms with Gasteiger partial charge in [0.25, 0.3) is 0 Å². The summed E-state index contributed by atoms with van der Waals surface area (Å²) in [6.45, 7) is 7.70. The lowest BCUT2D eigenvalue weighted by Gasteiger charge is -2.12. The highest BCUT2D eigenvalue weighted by atomic mass is 16.5. The summed E-state index contributed by atoms with van der Waals surface area (Å²) in [4.78, 5) is 4.24. The Morgan fingerprint density at radius 1 is 1.04 bits per heavy atom. The van der Waals surface area contributed by atoms with E-state index in [2.05, 4.69) is 11.6 Å². The first-order valence-corrected chi connectivity index (χ1v) is 7.26. The number of allylic oxidation sites excluding steroid dienone is 4. The van der Waals surface area contributed by atoms with Crippen LogP contribution in [-0.4, -0.2) is 19.2 Å². The Morgan fingerprint density at radius 3 is 2.35 bits per heavy atom. The standard InChI is InChI=1S/C19H21NO3/c1-6-15(8-7-13(2)3)23-19-12-20-11-14-9-17(21-4)18(22-5)10-16(14)19/h6-12H,2H2,1,3-5H3/b8-7-,15-6+. The van der Waals surface area contributed by atoms with Crippen LogP contribution in [0.2, 0.25) is 0 Å².